The number of anilines is 2. The molecule has 0 aliphatic heterocycles. The molecule has 0 aromatic carbocycles. The number of aromatic nitrogens is 2. The lowest BCUT2D eigenvalue weighted by molar-refractivity contribution is 0.00494. The molecule has 0 amide bonds. The molecule has 1 heterocycles. The van der Waals surface area contributed by atoms with Crippen LogP contribution in [0.5, 0.6) is 0 Å². The molecule has 5 nitrogen and oxygen atoms in total. The minimum Gasteiger partial charge on any atom is -0.388 e. The Hall–Kier alpha value is -1.36. The lowest BCUT2D eigenvalue weighted by atomic mass is 9.79. The van der Waals surface area contributed by atoms with Crippen molar-refractivity contribution in [3.63, 3.8) is 0 Å². The van der Waals surface area contributed by atoms with Crippen LogP contribution in [-0.2, 0) is 0 Å². The Morgan fingerprint density at radius 3 is 2.48 bits per heavy atom. The van der Waals surface area contributed by atoms with Crippen molar-refractivity contribution in [1.29, 1.82) is 0 Å². The van der Waals surface area contributed by atoms with E-state index in [2.05, 4.69) is 27.5 Å². The number of hydrogen-bond acceptors (Lipinski definition) is 5. The third kappa shape index (κ3) is 3.64. The summed E-state index contributed by atoms with van der Waals surface area (Å²) in [5.41, 5.74) is -0.586. The van der Waals surface area contributed by atoms with Gasteiger partial charge in [0.1, 0.15) is 17.5 Å². The molecule has 0 unspecified atom stereocenters. The fourth-order valence-electron chi connectivity index (χ4n) is 2.94. The van der Waals surface area contributed by atoms with Crippen LogP contribution in [0.3, 0.4) is 0 Å². The van der Waals surface area contributed by atoms with Gasteiger partial charge in [-0.3, -0.25) is 0 Å². The van der Waals surface area contributed by atoms with Crippen molar-refractivity contribution in [2.24, 2.45) is 5.92 Å². The molecular formula is C16H26N4O. The second-order valence-corrected chi connectivity index (χ2v) is 6.78. The lowest BCUT2D eigenvalue weighted by Crippen LogP contribution is -2.40. The van der Waals surface area contributed by atoms with Crippen LogP contribution < -0.4 is 10.6 Å². The Morgan fingerprint density at radius 1 is 1.19 bits per heavy atom. The summed E-state index contributed by atoms with van der Waals surface area (Å²) < 4.78 is 0. The maximum absolute atomic E-state index is 10.6. The van der Waals surface area contributed by atoms with Gasteiger partial charge >= 0.3 is 0 Å². The zero-order valence-electron chi connectivity index (χ0n) is 13.0. The molecule has 2 aliphatic carbocycles. The maximum atomic E-state index is 10.6. The molecule has 0 spiro atoms. The quantitative estimate of drug-likeness (QED) is 0.778. The van der Waals surface area contributed by atoms with Gasteiger partial charge in [-0.25, -0.2) is 9.97 Å². The Bertz CT molecular complexity index is 493. The standard InChI is InChI=1S/C16H26N4O/c1-11-5-7-16(21,8-6-11)10-18-14-9-13(17-2)19-15(20-14)12-3-4-12/h9,11-12,21H,3-8,10H2,1-2H3,(H2,17,18,19,20). The summed E-state index contributed by atoms with van der Waals surface area (Å²) >= 11 is 0. The van der Waals surface area contributed by atoms with Crippen LogP contribution in [0.25, 0.3) is 0 Å². The number of rotatable bonds is 5. The van der Waals surface area contributed by atoms with Crippen LogP contribution >= 0.6 is 0 Å². The van der Waals surface area contributed by atoms with Crippen LogP contribution in [0.4, 0.5) is 11.6 Å². The fourth-order valence-corrected chi connectivity index (χ4v) is 2.94. The van der Waals surface area contributed by atoms with E-state index in [1.807, 2.05) is 13.1 Å². The SMILES string of the molecule is CNc1cc(NCC2(O)CCC(C)CC2)nc(C2CC2)n1. The summed E-state index contributed by atoms with van der Waals surface area (Å²) in [6.45, 7) is 2.84. The minimum atomic E-state index is -0.586. The molecule has 1 aromatic heterocycles. The van der Waals surface area contributed by atoms with Crippen molar-refractivity contribution in [1.82, 2.24) is 9.97 Å². The van der Waals surface area contributed by atoms with Crippen LogP contribution in [0.1, 0.15) is 57.2 Å². The Kier molecular flexibility index (Phi) is 4.02. The largest absolute Gasteiger partial charge is 0.388 e. The summed E-state index contributed by atoms with van der Waals surface area (Å²) in [5, 5.41) is 17.1. The van der Waals surface area contributed by atoms with E-state index in [1.165, 1.54) is 12.8 Å². The molecule has 3 rings (SSSR count). The highest BCUT2D eigenvalue weighted by Crippen LogP contribution is 2.39. The topological polar surface area (TPSA) is 70.1 Å². The molecule has 0 radical (unpaired) electrons. The zero-order valence-corrected chi connectivity index (χ0v) is 13.0. The van der Waals surface area contributed by atoms with Gasteiger partial charge in [0.25, 0.3) is 0 Å². The van der Waals surface area contributed by atoms with Crippen LogP contribution in [-0.4, -0.2) is 34.3 Å². The van der Waals surface area contributed by atoms with E-state index in [4.69, 9.17) is 0 Å². The second kappa shape index (κ2) is 5.79. The van der Waals surface area contributed by atoms with E-state index in [9.17, 15) is 5.11 Å². The van der Waals surface area contributed by atoms with Crippen molar-refractivity contribution < 1.29 is 5.11 Å². The Balaban J connectivity index is 1.65. The predicted octanol–water partition coefficient (Wildman–Crippen LogP) is 2.75. The van der Waals surface area contributed by atoms with Gasteiger partial charge in [0.05, 0.1) is 5.60 Å². The van der Waals surface area contributed by atoms with Gasteiger partial charge in [0, 0.05) is 25.6 Å². The van der Waals surface area contributed by atoms with E-state index in [1.54, 1.807) is 0 Å². The van der Waals surface area contributed by atoms with E-state index >= 15 is 0 Å². The van der Waals surface area contributed by atoms with Crippen molar-refractivity contribution in [3.05, 3.63) is 11.9 Å². The van der Waals surface area contributed by atoms with Crippen molar-refractivity contribution in [3.8, 4) is 0 Å². The van der Waals surface area contributed by atoms with Gasteiger partial charge in [-0.1, -0.05) is 6.92 Å². The molecule has 2 aliphatic rings. The number of nitrogens with zero attached hydrogens (tertiary/aromatic N) is 2. The van der Waals surface area contributed by atoms with E-state index in [-0.39, 0.29) is 0 Å². The summed E-state index contributed by atoms with van der Waals surface area (Å²) in [4.78, 5) is 9.11. The molecule has 0 bridgehead atoms. The molecule has 5 heteroatoms. The molecule has 3 N–H and O–H groups in total. The van der Waals surface area contributed by atoms with E-state index < -0.39 is 5.60 Å². The normalized spacial score (nSPS) is 29.2. The smallest absolute Gasteiger partial charge is 0.136 e. The highest BCUT2D eigenvalue weighted by molar-refractivity contribution is 5.48. The van der Waals surface area contributed by atoms with Gasteiger partial charge in [-0.15, -0.1) is 0 Å². The highest BCUT2D eigenvalue weighted by Gasteiger charge is 2.32. The third-order valence-corrected chi connectivity index (χ3v) is 4.75. The Morgan fingerprint density at radius 2 is 1.86 bits per heavy atom. The zero-order chi connectivity index (χ0) is 14.9. The van der Waals surface area contributed by atoms with Gasteiger partial charge in [-0.05, 0) is 44.4 Å². The summed E-state index contributed by atoms with van der Waals surface area (Å²) in [6.07, 6.45) is 6.35. The molecule has 116 valence electrons. The van der Waals surface area contributed by atoms with Crippen LogP contribution in [0.2, 0.25) is 0 Å². The molecule has 0 saturated heterocycles. The number of hydrogen-bond donors (Lipinski definition) is 3. The lowest BCUT2D eigenvalue weighted by Gasteiger charge is -2.35. The molecule has 21 heavy (non-hydrogen) atoms. The number of aliphatic hydroxyl groups is 1. The van der Waals surface area contributed by atoms with Gasteiger partial charge < -0.3 is 15.7 Å². The van der Waals surface area contributed by atoms with Gasteiger partial charge in [-0.2, -0.15) is 0 Å². The van der Waals surface area contributed by atoms with Crippen molar-refractivity contribution in [2.75, 3.05) is 24.2 Å². The van der Waals surface area contributed by atoms with Crippen LogP contribution in [0, 0.1) is 5.92 Å². The van der Waals surface area contributed by atoms with Gasteiger partial charge in [0.15, 0.2) is 0 Å². The average molecular weight is 290 g/mol. The van der Waals surface area contributed by atoms with E-state index in [0.717, 1.165) is 49.1 Å². The average Bonchev–Trinajstić information content (AvgIpc) is 3.33. The molecule has 2 saturated carbocycles. The van der Waals surface area contributed by atoms with Crippen LogP contribution in [0.15, 0.2) is 6.07 Å². The van der Waals surface area contributed by atoms with E-state index in [0.29, 0.717) is 12.5 Å². The number of nitrogens with one attached hydrogen (secondary N) is 2. The summed E-state index contributed by atoms with van der Waals surface area (Å²) in [7, 11) is 1.87. The first-order valence-corrected chi connectivity index (χ1v) is 8.11. The third-order valence-electron chi connectivity index (χ3n) is 4.75. The summed E-state index contributed by atoms with van der Waals surface area (Å²) in [6, 6.07) is 1.92. The second-order valence-electron chi connectivity index (χ2n) is 6.78. The maximum Gasteiger partial charge on any atom is 0.136 e. The van der Waals surface area contributed by atoms with Crippen molar-refractivity contribution in [2.45, 2.75) is 57.0 Å². The molecule has 0 atom stereocenters. The van der Waals surface area contributed by atoms with Gasteiger partial charge in [0.2, 0.25) is 0 Å². The molecular weight excluding hydrogens is 264 g/mol. The minimum absolute atomic E-state index is 0.525. The predicted molar refractivity (Wildman–Crippen MR) is 84.6 cm³/mol. The first kappa shape index (κ1) is 14.6. The Labute approximate surface area is 126 Å². The molecule has 1 aromatic rings. The first-order chi connectivity index (χ1) is 10.1. The fraction of sp³-hybridized carbons (Fsp3) is 0.750. The molecule has 2 fully saturated rings. The first-order valence-electron chi connectivity index (χ1n) is 8.11. The van der Waals surface area contributed by atoms with Crippen molar-refractivity contribution >= 4 is 11.6 Å². The summed E-state index contributed by atoms with van der Waals surface area (Å²) in [5.74, 6) is 3.86. The monoisotopic (exact) mass is 290 g/mol. The highest BCUT2D eigenvalue weighted by atomic mass is 16.3.